The summed E-state index contributed by atoms with van der Waals surface area (Å²) in [4.78, 5) is 11.8. The van der Waals surface area contributed by atoms with Crippen LogP contribution in [0.15, 0.2) is 42.5 Å². The van der Waals surface area contributed by atoms with Crippen LogP contribution in [0.3, 0.4) is 0 Å². The minimum absolute atomic E-state index is 0.566. The second kappa shape index (κ2) is 8.90. The normalized spacial score (nSPS) is 12.2. The number of nitrogens with one attached hydrogen (secondary N) is 1. The number of nitrogens with zero attached hydrogens (tertiary/aromatic N) is 4. The zero-order valence-corrected chi connectivity index (χ0v) is 17.9. The van der Waals surface area contributed by atoms with Crippen molar-refractivity contribution in [2.24, 2.45) is 0 Å². The Kier molecular flexibility index (Phi) is 5.87. The molecule has 5 heteroatoms. The van der Waals surface area contributed by atoms with Gasteiger partial charge in [0.2, 0.25) is 5.95 Å². The third kappa shape index (κ3) is 4.22. The van der Waals surface area contributed by atoms with Crippen molar-refractivity contribution >= 4 is 23.1 Å². The molecule has 1 aliphatic rings. The fraction of sp³-hybridized carbons (Fsp3) is 0.269. The van der Waals surface area contributed by atoms with Crippen molar-refractivity contribution < 1.29 is 0 Å². The molecule has 0 amide bonds. The highest BCUT2D eigenvalue weighted by atomic mass is 15.3. The number of terminal acetylenes is 1. The molecule has 3 aromatic rings. The number of hydrogen-bond acceptors (Lipinski definition) is 5. The van der Waals surface area contributed by atoms with Gasteiger partial charge in [-0.1, -0.05) is 19.1 Å². The van der Waals surface area contributed by atoms with Gasteiger partial charge in [0.15, 0.2) is 0 Å². The van der Waals surface area contributed by atoms with Crippen molar-refractivity contribution in [3.63, 3.8) is 0 Å². The monoisotopic (exact) mass is 407 g/mol. The molecular formula is C26H25N5. The van der Waals surface area contributed by atoms with Crippen LogP contribution >= 0.6 is 0 Å². The van der Waals surface area contributed by atoms with Crippen LogP contribution in [0.4, 0.5) is 23.1 Å². The standard InChI is InChI=1S/C26H25N5/c1-4-6-7-19-10-13-24(21(5-2)16-19)31-15-14-23-18(3)28-26(30-25(23)31)29-22-11-8-20(17-27)9-12-22/h1,8-13,16H,5-7,14-15H2,2-3H3,(H,28,29,30). The lowest BCUT2D eigenvalue weighted by Crippen LogP contribution is -2.17. The molecule has 0 fully saturated rings. The summed E-state index contributed by atoms with van der Waals surface area (Å²) < 4.78 is 0. The van der Waals surface area contributed by atoms with E-state index in [-0.39, 0.29) is 0 Å². The van der Waals surface area contributed by atoms with Gasteiger partial charge in [0.25, 0.3) is 0 Å². The summed E-state index contributed by atoms with van der Waals surface area (Å²) in [6.45, 7) is 5.11. The Morgan fingerprint density at radius 3 is 2.68 bits per heavy atom. The number of aryl methyl sites for hydroxylation is 3. The van der Waals surface area contributed by atoms with Crippen molar-refractivity contribution in [2.45, 2.75) is 39.5 Å². The minimum Gasteiger partial charge on any atom is -0.325 e. The van der Waals surface area contributed by atoms with Crippen molar-refractivity contribution in [3.8, 4) is 18.4 Å². The molecule has 0 bridgehead atoms. The van der Waals surface area contributed by atoms with E-state index in [1.165, 1.54) is 22.4 Å². The third-order valence-corrected chi connectivity index (χ3v) is 5.68. The fourth-order valence-corrected chi connectivity index (χ4v) is 4.03. The van der Waals surface area contributed by atoms with Crippen molar-refractivity contribution in [1.82, 2.24) is 9.97 Å². The molecule has 0 saturated carbocycles. The summed E-state index contributed by atoms with van der Waals surface area (Å²) in [5, 5.41) is 12.3. The van der Waals surface area contributed by atoms with Gasteiger partial charge in [0.1, 0.15) is 5.82 Å². The lowest BCUT2D eigenvalue weighted by Gasteiger charge is -2.23. The van der Waals surface area contributed by atoms with E-state index in [1.54, 1.807) is 12.1 Å². The van der Waals surface area contributed by atoms with E-state index in [1.807, 2.05) is 19.1 Å². The van der Waals surface area contributed by atoms with Crippen LogP contribution in [0.2, 0.25) is 0 Å². The molecule has 1 aliphatic heterocycles. The van der Waals surface area contributed by atoms with Gasteiger partial charge in [0, 0.05) is 35.6 Å². The molecular weight excluding hydrogens is 382 g/mol. The summed E-state index contributed by atoms with van der Waals surface area (Å²) in [5.74, 6) is 4.26. The summed E-state index contributed by atoms with van der Waals surface area (Å²) in [6.07, 6.45) is 8.97. The molecule has 31 heavy (non-hydrogen) atoms. The Morgan fingerprint density at radius 1 is 1.16 bits per heavy atom. The first-order chi connectivity index (χ1) is 15.1. The van der Waals surface area contributed by atoms with Gasteiger partial charge in [-0.25, -0.2) is 4.98 Å². The second-order valence-electron chi connectivity index (χ2n) is 7.67. The quantitative estimate of drug-likeness (QED) is 0.567. The zero-order chi connectivity index (χ0) is 21.8. The first-order valence-electron chi connectivity index (χ1n) is 10.6. The first kappa shape index (κ1) is 20.4. The van der Waals surface area contributed by atoms with Gasteiger partial charge in [0.05, 0.1) is 11.6 Å². The summed E-state index contributed by atoms with van der Waals surface area (Å²) in [6, 6.07) is 16.1. The van der Waals surface area contributed by atoms with Gasteiger partial charge < -0.3 is 10.2 Å². The van der Waals surface area contributed by atoms with Crippen molar-refractivity contribution in [1.29, 1.82) is 5.26 Å². The highest BCUT2D eigenvalue weighted by Crippen LogP contribution is 2.37. The minimum atomic E-state index is 0.566. The zero-order valence-electron chi connectivity index (χ0n) is 17.9. The second-order valence-corrected chi connectivity index (χ2v) is 7.67. The van der Waals surface area contributed by atoms with Crippen LogP contribution in [0.1, 0.15) is 41.3 Å². The lowest BCUT2D eigenvalue weighted by molar-refractivity contribution is 0.961. The predicted octanol–water partition coefficient (Wildman–Crippen LogP) is 5.22. The van der Waals surface area contributed by atoms with Crippen molar-refractivity contribution in [3.05, 3.63) is 70.4 Å². The summed E-state index contributed by atoms with van der Waals surface area (Å²) >= 11 is 0. The maximum Gasteiger partial charge on any atom is 0.229 e. The largest absolute Gasteiger partial charge is 0.325 e. The van der Waals surface area contributed by atoms with Crippen LogP contribution in [0.5, 0.6) is 0 Å². The van der Waals surface area contributed by atoms with E-state index in [9.17, 15) is 0 Å². The first-order valence-corrected chi connectivity index (χ1v) is 10.6. The Hall–Kier alpha value is -3.83. The van der Waals surface area contributed by atoms with Gasteiger partial charge >= 0.3 is 0 Å². The SMILES string of the molecule is C#CCCc1ccc(N2CCc3c(C)nc(Nc4ccc(C#N)cc4)nc32)c(CC)c1. The number of nitriles is 1. The molecule has 154 valence electrons. The Balaban J connectivity index is 1.66. The van der Waals surface area contributed by atoms with Crippen LogP contribution in [-0.4, -0.2) is 16.5 Å². The van der Waals surface area contributed by atoms with Crippen molar-refractivity contribution in [2.75, 3.05) is 16.8 Å². The van der Waals surface area contributed by atoms with E-state index in [0.717, 1.165) is 49.4 Å². The molecule has 5 nitrogen and oxygen atoms in total. The van der Waals surface area contributed by atoms with E-state index in [2.05, 4.69) is 52.3 Å². The number of anilines is 4. The maximum atomic E-state index is 8.99. The number of aromatic nitrogens is 2. The Bertz CT molecular complexity index is 1180. The van der Waals surface area contributed by atoms with Gasteiger partial charge in [-0.05, 0) is 67.6 Å². The Morgan fingerprint density at radius 2 is 1.97 bits per heavy atom. The maximum absolute atomic E-state index is 8.99. The number of fused-ring (bicyclic) bond motifs is 1. The molecule has 1 N–H and O–H groups in total. The molecule has 0 spiro atoms. The molecule has 0 unspecified atom stereocenters. The smallest absolute Gasteiger partial charge is 0.229 e. The number of benzene rings is 2. The average Bonchev–Trinajstić information content (AvgIpc) is 3.22. The van der Waals surface area contributed by atoms with E-state index < -0.39 is 0 Å². The molecule has 0 atom stereocenters. The lowest BCUT2D eigenvalue weighted by atomic mass is 10.0. The molecule has 1 aromatic heterocycles. The van der Waals surface area contributed by atoms with Gasteiger partial charge in [-0.3, -0.25) is 0 Å². The summed E-state index contributed by atoms with van der Waals surface area (Å²) in [5.41, 5.74) is 7.46. The van der Waals surface area contributed by atoms with Gasteiger partial charge in [-0.15, -0.1) is 12.3 Å². The molecule has 0 saturated heterocycles. The van der Waals surface area contributed by atoms with Crippen LogP contribution in [0.25, 0.3) is 0 Å². The van der Waals surface area contributed by atoms with Gasteiger partial charge in [-0.2, -0.15) is 10.2 Å². The van der Waals surface area contributed by atoms with Crippen LogP contribution in [-0.2, 0) is 19.3 Å². The highest BCUT2D eigenvalue weighted by molar-refractivity contribution is 5.71. The molecule has 2 heterocycles. The highest BCUT2D eigenvalue weighted by Gasteiger charge is 2.26. The van der Waals surface area contributed by atoms with E-state index in [4.69, 9.17) is 16.7 Å². The predicted molar refractivity (Wildman–Crippen MR) is 125 cm³/mol. The average molecular weight is 408 g/mol. The van der Waals surface area contributed by atoms with Crippen LogP contribution in [0, 0.1) is 30.6 Å². The third-order valence-electron chi connectivity index (χ3n) is 5.68. The number of hydrogen-bond donors (Lipinski definition) is 1. The number of rotatable bonds is 6. The van der Waals surface area contributed by atoms with E-state index >= 15 is 0 Å². The molecule has 2 aromatic carbocycles. The topological polar surface area (TPSA) is 64.8 Å². The molecule has 0 aliphatic carbocycles. The molecule has 4 rings (SSSR count). The molecule has 0 radical (unpaired) electrons. The Labute approximate surface area is 183 Å². The fourth-order valence-electron chi connectivity index (χ4n) is 4.03. The summed E-state index contributed by atoms with van der Waals surface area (Å²) in [7, 11) is 0. The van der Waals surface area contributed by atoms with Crippen LogP contribution < -0.4 is 10.2 Å². The van der Waals surface area contributed by atoms with E-state index in [0.29, 0.717) is 11.5 Å².